The second kappa shape index (κ2) is 9.57. The Morgan fingerprint density at radius 2 is 0.894 bits per heavy atom. The lowest BCUT2D eigenvalue weighted by Gasteiger charge is -2.22. The summed E-state index contributed by atoms with van der Waals surface area (Å²) < 4.78 is 4.84. The van der Waals surface area contributed by atoms with Crippen LogP contribution in [0.25, 0.3) is 77.2 Å². The van der Waals surface area contributed by atoms with Gasteiger partial charge < -0.3 is 9.13 Å². The van der Waals surface area contributed by atoms with Gasteiger partial charge in [0, 0.05) is 38.3 Å². The summed E-state index contributed by atoms with van der Waals surface area (Å²) in [6, 6.07) is 58.0. The van der Waals surface area contributed by atoms with E-state index in [1.165, 1.54) is 88.4 Å². The fourth-order valence-electron chi connectivity index (χ4n) is 8.34. The monoisotopic (exact) mass is 600 g/mol. The van der Waals surface area contributed by atoms with Gasteiger partial charge in [-0.05, 0) is 88.0 Å². The first-order valence-corrected chi connectivity index (χ1v) is 16.5. The summed E-state index contributed by atoms with van der Waals surface area (Å²) in [6.07, 6.45) is 0. The maximum atomic E-state index is 2.44. The third kappa shape index (κ3) is 3.61. The highest BCUT2D eigenvalue weighted by Crippen LogP contribution is 2.49. The molecule has 10 rings (SSSR count). The third-order valence-corrected chi connectivity index (χ3v) is 10.5. The lowest BCUT2D eigenvalue weighted by atomic mass is 9.81. The maximum Gasteiger partial charge on any atom is 0.0548 e. The van der Waals surface area contributed by atoms with Crippen molar-refractivity contribution >= 4 is 43.6 Å². The van der Waals surface area contributed by atoms with Crippen LogP contribution in [0.4, 0.5) is 0 Å². The average molecular weight is 601 g/mol. The van der Waals surface area contributed by atoms with E-state index in [1.54, 1.807) is 0 Å². The summed E-state index contributed by atoms with van der Waals surface area (Å²) in [6.45, 7) is 4.70. The molecule has 222 valence electrons. The van der Waals surface area contributed by atoms with E-state index >= 15 is 0 Å². The fraction of sp³-hybridized carbons (Fsp3) is 0.0667. The van der Waals surface area contributed by atoms with Crippen molar-refractivity contribution in [3.63, 3.8) is 0 Å². The van der Waals surface area contributed by atoms with Gasteiger partial charge in [0.05, 0.1) is 22.1 Å². The lowest BCUT2D eigenvalue weighted by molar-refractivity contribution is 0.660. The Morgan fingerprint density at radius 1 is 0.383 bits per heavy atom. The highest BCUT2D eigenvalue weighted by Gasteiger charge is 2.35. The molecule has 0 amide bonds. The highest BCUT2D eigenvalue weighted by molar-refractivity contribution is 6.28. The van der Waals surface area contributed by atoms with Gasteiger partial charge in [-0.15, -0.1) is 0 Å². The van der Waals surface area contributed by atoms with Crippen LogP contribution in [0.15, 0.2) is 158 Å². The molecule has 0 unspecified atom stereocenters. The van der Waals surface area contributed by atoms with Crippen LogP contribution in [0, 0.1) is 0 Å². The van der Waals surface area contributed by atoms with Crippen LogP contribution in [-0.4, -0.2) is 9.13 Å². The largest absolute Gasteiger partial charge is 0.309 e. The molecule has 2 heteroatoms. The van der Waals surface area contributed by atoms with Gasteiger partial charge in [-0.3, -0.25) is 0 Å². The zero-order valence-corrected chi connectivity index (χ0v) is 26.4. The molecule has 0 saturated heterocycles. The number of hydrogen-bond acceptors (Lipinski definition) is 0. The number of aromatic nitrogens is 2. The Balaban J connectivity index is 1.16. The summed E-state index contributed by atoms with van der Waals surface area (Å²) >= 11 is 0. The van der Waals surface area contributed by atoms with E-state index in [4.69, 9.17) is 0 Å². The molecule has 0 radical (unpaired) electrons. The first kappa shape index (κ1) is 26.4. The van der Waals surface area contributed by atoms with E-state index in [1.807, 2.05) is 0 Å². The highest BCUT2D eigenvalue weighted by atomic mass is 15.0. The van der Waals surface area contributed by atoms with Crippen LogP contribution in [-0.2, 0) is 5.41 Å². The molecule has 0 atom stereocenters. The molecule has 2 heterocycles. The zero-order valence-electron chi connectivity index (χ0n) is 26.4. The van der Waals surface area contributed by atoms with Gasteiger partial charge in [-0.25, -0.2) is 0 Å². The first-order valence-electron chi connectivity index (χ1n) is 16.5. The molecule has 0 aliphatic heterocycles. The molecule has 0 saturated carbocycles. The average Bonchev–Trinajstić information content (AvgIpc) is 3.72. The molecular formula is C45H32N2. The quantitative estimate of drug-likeness (QED) is 0.191. The van der Waals surface area contributed by atoms with E-state index < -0.39 is 0 Å². The predicted octanol–water partition coefficient (Wildman–Crippen LogP) is 11.9. The Morgan fingerprint density at radius 3 is 1.55 bits per heavy atom. The van der Waals surface area contributed by atoms with Gasteiger partial charge in [-0.1, -0.05) is 117 Å². The van der Waals surface area contributed by atoms with Crippen LogP contribution >= 0.6 is 0 Å². The topological polar surface area (TPSA) is 9.86 Å². The van der Waals surface area contributed by atoms with Crippen LogP contribution < -0.4 is 0 Å². The summed E-state index contributed by atoms with van der Waals surface area (Å²) in [5, 5.41) is 5.15. The van der Waals surface area contributed by atoms with E-state index in [2.05, 4.69) is 181 Å². The summed E-state index contributed by atoms with van der Waals surface area (Å²) in [7, 11) is 0. The number of rotatable bonds is 3. The number of fused-ring (bicyclic) bond motifs is 10. The van der Waals surface area contributed by atoms with Crippen molar-refractivity contribution in [3.05, 3.63) is 169 Å². The van der Waals surface area contributed by atoms with Crippen molar-refractivity contribution in [1.29, 1.82) is 0 Å². The molecule has 0 fully saturated rings. The van der Waals surface area contributed by atoms with Crippen LogP contribution in [0.3, 0.4) is 0 Å². The van der Waals surface area contributed by atoms with E-state index in [0.717, 1.165) is 0 Å². The smallest absolute Gasteiger partial charge is 0.0548 e. The molecule has 1 aliphatic rings. The lowest BCUT2D eigenvalue weighted by Crippen LogP contribution is -2.14. The van der Waals surface area contributed by atoms with E-state index in [-0.39, 0.29) is 5.41 Å². The summed E-state index contributed by atoms with van der Waals surface area (Å²) in [5.41, 5.74) is 15.3. The van der Waals surface area contributed by atoms with Crippen molar-refractivity contribution in [2.75, 3.05) is 0 Å². The Hall–Kier alpha value is -5.86. The van der Waals surface area contributed by atoms with Gasteiger partial charge in [-0.2, -0.15) is 0 Å². The minimum absolute atomic E-state index is 0.0141. The molecular weight excluding hydrogens is 569 g/mol. The molecule has 2 nitrogen and oxygen atoms in total. The van der Waals surface area contributed by atoms with Crippen LogP contribution in [0.5, 0.6) is 0 Å². The molecule has 0 bridgehead atoms. The molecule has 0 spiro atoms. The van der Waals surface area contributed by atoms with Crippen molar-refractivity contribution in [2.24, 2.45) is 0 Å². The number of benzene rings is 7. The van der Waals surface area contributed by atoms with Gasteiger partial charge in [0.25, 0.3) is 0 Å². The normalized spacial score (nSPS) is 13.5. The maximum absolute atomic E-state index is 2.44. The first-order chi connectivity index (χ1) is 23.1. The molecule has 2 aromatic heterocycles. The second-order valence-electron chi connectivity index (χ2n) is 13.4. The molecule has 1 aliphatic carbocycles. The third-order valence-electron chi connectivity index (χ3n) is 10.5. The fourth-order valence-corrected chi connectivity index (χ4v) is 8.34. The van der Waals surface area contributed by atoms with E-state index in [9.17, 15) is 0 Å². The molecule has 0 N–H and O–H groups in total. The van der Waals surface area contributed by atoms with Gasteiger partial charge >= 0.3 is 0 Å². The molecule has 9 aromatic rings. The molecule has 47 heavy (non-hydrogen) atoms. The Bertz CT molecular complexity index is 2680. The SMILES string of the molecule is CC1(C)c2ccccc2-c2ccc(-c3ccc(-n4c5ccccc5c5c6c7ccccc7n(-c7ccccc7)c6ccc54)cc3)cc21. The van der Waals surface area contributed by atoms with Crippen molar-refractivity contribution in [3.8, 4) is 33.6 Å². The number of para-hydroxylation sites is 3. The van der Waals surface area contributed by atoms with Crippen LogP contribution in [0.2, 0.25) is 0 Å². The number of hydrogen-bond donors (Lipinski definition) is 0. The second-order valence-corrected chi connectivity index (χ2v) is 13.4. The standard InChI is InChI=1S/C45H32N2/c1-45(2)37-17-9-6-14-33(37)34-25-22-30(28-38(34)45)29-20-23-32(24-21-29)47-40-19-11-8-16-36(40)44-42(47)27-26-41-43(44)35-15-7-10-18-39(35)46(41)31-12-4-3-5-13-31/h3-28H,1-2H3. The van der Waals surface area contributed by atoms with Crippen molar-refractivity contribution < 1.29 is 0 Å². The van der Waals surface area contributed by atoms with Crippen molar-refractivity contribution in [1.82, 2.24) is 9.13 Å². The predicted molar refractivity (Wildman–Crippen MR) is 198 cm³/mol. The van der Waals surface area contributed by atoms with Gasteiger partial charge in [0.2, 0.25) is 0 Å². The number of nitrogens with zero attached hydrogens (tertiary/aromatic N) is 2. The summed E-state index contributed by atoms with van der Waals surface area (Å²) in [5.74, 6) is 0. The van der Waals surface area contributed by atoms with Gasteiger partial charge in [0.15, 0.2) is 0 Å². The van der Waals surface area contributed by atoms with Crippen molar-refractivity contribution in [2.45, 2.75) is 19.3 Å². The zero-order chi connectivity index (χ0) is 31.3. The minimum atomic E-state index is -0.0141. The van der Waals surface area contributed by atoms with Gasteiger partial charge in [0.1, 0.15) is 0 Å². The molecule has 7 aromatic carbocycles. The van der Waals surface area contributed by atoms with Crippen LogP contribution in [0.1, 0.15) is 25.0 Å². The Kier molecular flexibility index (Phi) is 5.37. The van der Waals surface area contributed by atoms with E-state index in [0.29, 0.717) is 0 Å². The summed E-state index contributed by atoms with van der Waals surface area (Å²) in [4.78, 5) is 0. The minimum Gasteiger partial charge on any atom is -0.309 e. The Labute approximate surface area is 273 Å².